The van der Waals surface area contributed by atoms with Crippen LogP contribution in [0.4, 0.5) is 0 Å². The Hall–Kier alpha value is -1.55. The van der Waals surface area contributed by atoms with Crippen LogP contribution in [0.5, 0.6) is 5.75 Å². The molecule has 0 aliphatic carbocycles. The van der Waals surface area contributed by atoms with E-state index in [1.54, 1.807) is 13.1 Å². The minimum absolute atomic E-state index is 0.507. The summed E-state index contributed by atoms with van der Waals surface area (Å²) in [6, 6.07) is 7.85. The number of rotatable bonds is 5. The minimum atomic E-state index is 0.507. The average molecular weight is 236 g/mol. The van der Waals surface area contributed by atoms with Crippen molar-refractivity contribution in [2.75, 3.05) is 13.7 Å². The predicted molar refractivity (Wildman–Crippen MR) is 70.6 cm³/mol. The topological polar surface area (TPSA) is 33.3 Å². The van der Waals surface area contributed by atoms with Crippen molar-refractivity contribution in [2.45, 2.75) is 6.54 Å². The Morgan fingerprint density at radius 3 is 2.94 bits per heavy atom. The quantitative estimate of drug-likeness (QED) is 0.604. The lowest BCUT2D eigenvalue weighted by Gasteiger charge is -2.11. The molecule has 0 aliphatic heterocycles. The Morgan fingerprint density at radius 2 is 2.25 bits per heavy atom. The van der Waals surface area contributed by atoms with E-state index in [0.29, 0.717) is 18.3 Å². The van der Waals surface area contributed by atoms with E-state index in [-0.39, 0.29) is 0 Å². The molecule has 0 bridgehead atoms. The normalized spacial score (nSPS) is 9.31. The molecule has 1 aromatic carbocycles. The number of benzene rings is 1. The first-order valence-corrected chi connectivity index (χ1v) is 5.46. The van der Waals surface area contributed by atoms with Gasteiger partial charge in [0.05, 0.1) is 0 Å². The summed E-state index contributed by atoms with van der Waals surface area (Å²) in [5.74, 6) is 0.855. The summed E-state index contributed by atoms with van der Waals surface area (Å²) in [5, 5.41) is 6.56. The first-order chi connectivity index (χ1) is 7.77. The molecule has 4 heteroatoms. The van der Waals surface area contributed by atoms with Gasteiger partial charge in [0.1, 0.15) is 12.4 Å². The summed E-state index contributed by atoms with van der Waals surface area (Å²) in [5.41, 5.74) is 1.07. The fraction of sp³-hybridized carbons (Fsp3) is 0.250. The monoisotopic (exact) mass is 236 g/mol. The maximum atomic E-state index is 5.53. The summed E-state index contributed by atoms with van der Waals surface area (Å²) in [7, 11) is 1.79. The van der Waals surface area contributed by atoms with Gasteiger partial charge >= 0.3 is 0 Å². The zero-order chi connectivity index (χ0) is 11.8. The van der Waals surface area contributed by atoms with Gasteiger partial charge in [-0.25, -0.2) is 0 Å². The lowest BCUT2D eigenvalue weighted by atomic mass is 10.2. The Morgan fingerprint density at radius 1 is 1.50 bits per heavy atom. The van der Waals surface area contributed by atoms with Crippen LogP contribution in [0.25, 0.3) is 0 Å². The summed E-state index contributed by atoms with van der Waals surface area (Å²) in [6.07, 6.45) is 1.72. The Balaban J connectivity index is 2.63. The second kappa shape index (κ2) is 6.85. The van der Waals surface area contributed by atoms with E-state index in [1.165, 1.54) is 0 Å². The van der Waals surface area contributed by atoms with Crippen molar-refractivity contribution < 1.29 is 4.74 Å². The lowest BCUT2D eigenvalue weighted by molar-refractivity contribution is 0.358. The number of nitrogens with one attached hydrogen (secondary N) is 2. The summed E-state index contributed by atoms with van der Waals surface area (Å²) < 4.78 is 5.53. The van der Waals surface area contributed by atoms with Gasteiger partial charge in [-0.1, -0.05) is 30.9 Å². The van der Waals surface area contributed by atoms with Crippen molar-refractivity contribution >= 4 is 17.3 Å². The fourth-order valence-electron chi connectivity index (χ4n) is 1.20. The highest BCUT2D eigenvalue weighted by atomic mass is 32.1. The first-order valence-electron chi connectivity index (χ1n) is 5.05. The molecule has 0 amide bonds. The van der Waals surface area contributed by atoms with Crippen LogP contribution in [-0.4, -0.2) is 18.8 Å². The molecule has 1 rings (SSSR count). The van der Waals surface area contributed by atoms with E-state index in [2.05, 4.69) is 17.2 Å². The summed E-state index contributed by atoms with van der Waals surface area (Å²) in [4.78, 5) is 0. The molecule has 0 aromatic heterocycles. The van der Waals surface area contributed by atoms with Crippen LogP contribution in [0.15, 0.2) is 36.9 Å². The third-order valence-corrected chi connectivity index (χ3v) is 2.34. The molecule has 0 atom stereocenters. The van der Waals surface area contributed by atoms with Crippen molar-refractivity contribution in [3.63, 3.8) is 0 Å². The molecule has 0 fully saturated rings. The van der Waals surface area contributed by atoms with Gasteiger partial charge in [-0.05, 0) is 18.3 Å². The van der Waals surface area contributed by atoms with Gasteiger partial charge in [-0.2, -0.15) is 0 Å². The molecule has 0 heterocycles. The molecule has 1 aromatic rings. The van der Waals surface area contributed by atoms with E-state index < -0.39 is 0 Å². The van der Waals surface area contributed by atoms with Gasteiger partial charge in [-0.3, -0.25) is 0 Å². The fourth-order valence-corrected chi connectivity index (χ4v) is 1.28. The zero-order valence-electron chi connectivity index (χ0n) is 9.32. The molecule has 0 radical (unpaired) electrons. The third kappa shape index (κ3) is 3.90. The van der Waals surface area contributed by atoms with Crippen molar-refractivity contribution in [1.82, 2.24) is 10.6 Å². The summed E-state index contributed by atoms with van der Waals surface area (Å²) >= 11 is 5.01. The third-order valence-electron chi connectivity index (χ3n) is 2.00. The second-order valence-corrected chi connectivity index (χ2v) is 3.55. The highest BCUT2D eigenvalue weighted by Crippen LogP contribution is 2.17. The van der Waals surface area contributed by atoms with Gasteiger partial charge in [0.2, 0.25) is 0 Å². The standard InChI is InChI=1S/C12H16N2OS/c1-3-8-15-11-7-5-4-6-10(11)9-14-12(16)13-2/h3-7H,1,8-9H2,2H3,(H2,13,14,16). The maximum Gasteiger partial charge on any atom is 0.166 e. The zero-order valence-corrected chi connectivity index (χ0v) is 10.1. The molecule has 0 saturated carbocycles. The molecular weight excluding hydrogens is 220 g/mol. The number of para-hydroxylation sites is 1. The van der Waals surface area contributed by atoms with Crippen LogP contribution in [0.1, 0.15) is 5.56 Å². The maximum absolute atomic E-state index is 5.53. The van der Waals surface area contributed by atoms with E-state index in [0.717, 1.165) is 11.3 Å². The van der Waals surface area contributed by atoms with Crippen LogP contribution < -0.4 is 15.4 Å². The SMILES string of the molecule is C=CCOc1ccccc1CNC(=S)NC. The van der Waals surface area contributed by atoms with Crippen LogP contribution in [-0.2, 0) is 6.54 Å². The van der Waals surface area contributed by atoms with Gasteiger partial charge in [0.15, 0.2) is 5.11 Å². The highest BCUT2D eigenvalue weighted by molar-refractivity contribution is 7.80. The molecule has 3 nitrogen and oxygen atoms in total. The number of hydrogen-bond donors (Lipinski definition) is 2. The van der Waals surface area contributed by atoms with Crippen molar-refractivity contribution in [2.24, 2.45) is 0 Å². The number of hydrogen-bond acceptors (Lipinski definition) is 2. The van der Waals surface area contributed by atoms with E-state index in [9.17, 15) is 0 Å². The van der Waals surface area contributed by atoms with E-state index >= 15 is 0 Å². The first kappa shape index (κ1) is 12.5. The Kier molecular flexibility index (Phi) is 5.36. The lowest BCUT2D eigenvalue weighted by Crippen LogP contribution is -2.31. The van der Waals surface area contributed by atoms with Gasteiger partial charge < -0.3 is 15.4 Å². The molecule has 0 saturated heterocycles. The molecule has 0 aliphatic rings. The van der Waals surface area contributed by atoms with Crippen LogP contribution >= 0.6 is 12.2 Å². The van der Waals surface area contributed by atoms with E-state index in [1.807, 2.05) is 24.3 Å². The predicted octanol–water partition coefficient (Wildman–Crippen LogP) is 1.85. The Labute approximate surface area is 102 Å². The molecule has 0 spiro atoms. The molecule has 86 valence electrons. The van der Waals surface area contributed by atoms with Crippen LogP contribution in [0.3, 0.4) is 0 Å². The Bertz CT molecular complexity index is 366. The minimum Gasteiger partial charge on any atom is -0.489 e. The average Bonchev–Trinajstić information content (AvgIpc) is 2.34. The van der Waals surface area contributed by atoms with Crippen molar-refractivity contribution in [1.29, 1.82) is 0 Å². The highest BCUT2D eigenvalue weighted by Gasteiger charge is 2.02. The van der Waals surface area contributed by atoms with Gasteiger partial charge in [0, 0.05) is 19.2 Å². The molecule has 16 heavy (non-hydrogen) atoms. The van der Waals surface area contributed by atoms with Crippen molar-refractivity contribution in [3.8, 4) is 5.75 Å². The number of ether oxygens (including phenoxy) is 1. The van der Waals surface area contributed by atoms with Crippen LogP contribution in [0, 0.1) is 0 Å². The van der Waals surface area contributed by atoms with E-state index in [4.69, 9.17) is 17.0 Å². The largest absolute Gasteiger partial charge is 0.489 e. The molecule has 2 N–H and O–H groups in total. The number of thiocarbonyl (C=S) groups is 1. The second-order valence-electron chi connectivity index (χ2n) is 3.14. The van der Waals surface area contributed by atoms with Gasteiger partial charge in [0.25, 0.3) is 0 Å². The molecule has 0 unspecified atom stereocenters. The summed E-state index contributed by atoms with van der Waals surface area (Å²) in [6.45, 7) is 4.77. The van der Waals surface area contributed by atoms with Gasteiger partial charge in [-0.15, -0.1) is 0 Å². The molecular formula is C12H16N2OS. The van der Waals surface area contributed by atoms with Crippen LogP contribution in [0.2, 0.25) is 0 Å². The van der Waals surface area contributed by atoms with Crippen molar-refractivity contribution in [3.05, 3.63) is 42.5 Å². The smallest absolute Gasteiger partial charge is 0.166 e.